The molecule has 0 bridgehead atoms. The Morgan fingerprint density at radius 1 is 1.14 bits per heavy atom. The van der Waals surface area contributed by atoms with Gasteiger partial charge in [0.1, 0.15) is 0 Å². The Kier molecular flexibility index (Phi) is 5.29. The maximum absolute atomic E-state index is 13.0. The molecule has 1 N–H and O–H groups in total. The third kappa shape index (κ3) is 3.99. The second-order valence-electron chi connectivity index (χ2n) is 7.81. The molecule has 2 aromatic carbocycles. The zero-order valence-corrected chi connectivity index (χ0v) is 16.8. The van der Waals surface area contributed by atoms with Crippen LogP contribution in [0.25, 0.3) is 0 Å². The second kappa shape index (κ2) is 7.88. The highest BCUT2D eigenvalue weighted by molar-refractivity contribution is 6.33. The van der Waals surface area contributed by atoms with E-state index < -0.39 is 5.41 Å². The van der Waals surface area contributed by atoms with Gasteiger partial charge in [0.05, 0.1) is 34.2 Å². The van der Waals surface area contributed by atoms with Crippen molar-refractivity contribution in [1.29, 1.82) is 5.26 Å². The summed E-state index contributed by atoms with van der Waals surface area (Å²) < 4.78 is 0. The maximum Gasteiger partial charge on any atom is 0.233 e. The molecule has 1 aliphatic heterocycles. The van der Waals surface area contributed by atoms with Crippen molar-refractivity contribution in [3.8, 4) is 6.07 Å². The molecule has 0 aromatic heterocycles. The monoisotopic (exact) mass is 407 g/mol. The van der Waals surface area contributed by atoms with Gasteiger partial charge in [-0.3, -0.25) is 9.59 Å². The summed E-state index contributed by atoms with van der Waals surface area (Å²) in [6, 6.07) is 14.5. The van der Waals surface area contributed by atoms with Crippen LogP contribution in [0.2, 0.25) is 5.02 Å². The van der Waals surface area contributed by atoms with Gasteiger partial charge in [0.25, 0.3) is 0 Å². The van der Waals surface area contributed by atoms with E-state index in [1.165, 1.54) is 0 Å². The van der Waals surface area contributed by atoms with Crippen LogP contribution < -0.4 is 5.32 Å². The minimum atomic E-state index is -0.463. The molecule has 148 valence electrons. The third-order valence-electron chi connectivity index (χ3n) is 5.77. The van der Waals surface area contributed by atoms with Gasteiger partial charge in [-0.25, -0.2) is 0 Å². The molecule has 1 heterocycles. The van der Waals surface area contributed by atoms with Crippen LogP contribution in [-0.4, -0.2) is 29.8 Å². The van der Waals surface area contributed by atoms with Crippen LogP contribution in [0, 0.1) is 11.3 Å². The van der Waals surface area contributed by atoms with Crippen molar-refractivity contribution in [2.24, 2.45) is 0 Å². The lowest BCUT2D eigenvalue weighted by atomic mass is 9.93. The number of likely N-dealkylation sites (tertiary alicyclic amines) is 1. The predicted octanol–water partition coefficient (Wildman–Crippen LogP) is 4.05. The van der Waals surface area contributed by atoms with Crippen molar-refractivity contribution in [1.82, 2.24) is 4.90 Å². The molecule has 0 spiro atoms. The molecule has 2 aliphatic rings. The number of carbonyl (C=O) groups is 2. The molecule has 6 heteroatoms. The smallest absolute Gasteiger partial charge is 0.233 e. The van der Waals surface area contributed by atoms with Gasteiger partial charge < -0.3 is 10.2 Å². The van der Waals surface area contributed by atoms with Gasteiger partial charge in [0.15, 0.2) is 0 Å². The first kappa shape index (κ1) is 19.5. The molecular formula is C23H22ClN3O2. The lowest BCUT2D eigenvalue weighted by Crippen LogP contribution is -2.37. The topological polar surface area (TPSA) is 73.2 Å². The summed E-state index contributed by atoms with van der Waals surface area (Å²) in [6.07, 6.45) is 3.94. The molecule has 2 aromatic rings. The summed E-state index contributed by atoms with van der Waals surface area (Å²) in [7, 11) is 0. The van der Waals surface area contributed by atoms with Crippen molar-refractivity contribution in [3.63, 3.8) is 0 Å². The first-order valence-electron chi connectivity index (χ1n) is 9.90. The third-order valence-corrected chi connectivity index (χ3v) is 6.10. The van der Waals surface area contributed by atoms with Crippen LogP contribution in [0.15, 0.2) is 42.5 Å². The molecule has 1 saturated carbocycles. The summed E-state index contributed by atoms with van der Waals surface area (Å²) in [4.78, 5) is 27.5. The van der Waals surface area contributed by atoms with Crippen LogP contribution in [0.3, 0.4) is 0 Å². The number of rotatable bonds is 5. The maximum atomic E-state index is 13.0. The lowest BCUT2D eigenvalue weighted by molar-refractivity contribution is -0.132. The standard InChI is InChI=1S/C23H22ClN3O2/c24-19-7-6-18(23(8-9-23)22(29)27-10-1-2-11-27)14-20(19)26-21(28)13-16-4-3-5-17(12-16)15-25/h3-7,12,14H,1-2,8-11,13H2,(H,26,28). The fraction of sp³-hybridized carbons (Fsp3) is 0.348. The van der Waals surface area contributed by atoms with E-state index >= 15 is 0 Å². The molecule has 0 radical (unpaired) electrons. The molecule has 5 nitrogen and oxygen atoms in total. The molecule has 1 aliphatic carbocycles. The number of halogens is 1. The zero-order valence-electron chi connectivity index (χ0n) is 16.1. The van der Waals surface area contributed by atoms with Crippen LogP contribution in [-0.2, 0) is 21.4 Å². The van der Waals surface area contributed by atoms with E-state index in [-0.39, 0.29) is 18.2 Å². The Bertz CT molecular complexity index is 1000. The fourth-order valence-electron chi connectivity index (χ4n) is 4.02. The highest BCUT2D eigenvalue weighted by Crippen LogP contribution is 2.51. The van der Waals surface area contributed by atoms with E-state index in [0.29, 0.717) is 16.3 Å². The molecule has 2 amide bonds. The normalized spacial score (nSPS) is 16.9. The van der Waals surface area contributed by atoms with E-state index in [1.54, 1.807) is 24.3 Å². The number of anilines is 1. The molecule has 0 unspecified atom stereocenters. The van der Waals surface area contributed by atoms with Crippen LogP contribution >= 0.6 is 11.6 Å². The number of nitriles is 1. The quantitative estimate of drug-likeness (QED) is 0.812. The van der Waals surface area contributed by atoms with E-state index in [9.17, 15) is 9.59 Å². The Balaban J connectivity index is 1.50. The highest BCUT2D eigenvalue weighted by atomic mass is 35.5. The number of hydrogen-bond acceptors (Lipinski definition) is 3. The molecule has 1 saturated heterocycles. The summed E-state index contributed by atoms with van der Waals surface area (Å²) in [5, 5.41) is 12.3. The molecule has 2 fully saturated rings. The van der Waals surface area contributed by atoms with Crippen molar-refractivity contribution in [2.75, 3.05) is 18.4 Å². The van der Waals surface area contributed by atoms with Crippen LogP contribution in [0.5, 0.6) is 0 Å². The highest BCUT2D eigenvalue weighted by Gasteiger charge is 2.53. The van der Waals surface area contributed by atoms with E-state index in [4.69, 9.17) is 16.9 Å². The van der Waals surface area contributed by atoms with Gasteiger partial charge in [-0.15, -0.1) is 0 Å². The van der Waals surface area contributed by atoms with E-state index in [2.05, 4.69) is 11.4 Å². The number of nitrogens with zero attached hydrogens (tertiary/aromatic N) is 2. The van der Waals surface area contributed by atoms with Crippen LogP contribution in [0.1, 0.15) is 42.4 Å². The number of benzene rings is 2. The number of hydrogen-bond donors (Lipinski definition) is 1. The molecular weight excluding hydrogens is 386 g/mol. The van der Waals surface area contributed by atoms with E-state index in [1.807, 2.05) is 23.1 Å². The lowest BCUT2D eigenvalue weighted by Gasteiger charge is -2.23. The molecule has 29 heavy (non-hydrogen) atoms. The Morgan fingerprint density at radius 3 is 2.59 bits per heavy atom. The Labute approximate surface area is 175 Å². The SMILES string of the molecule is N#Cc1cccc(CC(=O)Nc2cc(C3(C(=O)N4CCCC4)CC3)ccc2Cl)c1. The second-order valence-corrected chi connectivity index (χ2v) is 8.22. The van der Waals surface area contributed by atoms with Gasteiger partial charge in [-0.1, -0.05) is 29.8 Å². The predicted molar refractivity (Wildman–Crippen MR) is 112 cm³/mol. The van der Waals surface area contributed by atoms with Gasteiger partial charge in [0, 0.05) is 13.1 Å². The first-order valence-corrected chi connectivity index (χ1v) is 10.3. The Hall–Kier alpha value is -2.84. The largest absolute Gasteiger partial charge is 0.342 e. The minimum Gasteiger partial charge on any atom is -0.342 e. The van der Waals surface area contributed by atoms with Gasteiger partial charge in [-0.2, -0.15) is 5.26 Å². The van der Waals surface area contributed by atoms with Crippen molar-refractivity contribution >= 4 is 29.1 Å². The van der Waals surface area contributed by atoms with E-state index in [0.717, 1.165) is 49.9 Å². The summed E-state index contributed by atoms with van der Waals surface area (Å²) in [6.45, 7) is 1.67. The zero-order chi connectivity index (χ0) is 20.4. The summed E-state index contributed by atoms with van der Waals surface area (Å²) in [5.74, 6) is -0.0160. The summed E-state index contributed by atoms with van der Waals surface area (Å²) >= 11 is 6.32. The average Bonchev–Trinajstić information content (AvgIpc) is 3.35. The van der Waals surface area contributed by atoms with Gasteiger partial charge in [0.2, 0.25) is 11.8 Å². The van der Waals surface area contributed by atoms with Crippen molar-refractivity contribution in [3.05, 3.63) is 64.2 Å². The van der Waals surface area contributed by atoms with Crippen molar-refractivity contribution < 1.29 is 9.59 Å². The first-order chi connectivity index (χ1) is 14.0. The Morgan fingerprint density at radius 2 is 1.90 bits per heavy atom. The molecule has 4 rings (SSSR count). The number of carbonyl (C=O) groups excluding carboxylic acids is 2. The fourth-order valence-corrected chi connectivity index (χ4v) is 4.19. The minimum absolute atomic E-state index is 0.147. The molecule has 0 atom stereocenters. The van der Waals surface area contributed by atoms with Gasteiger partial charge in [-0.05, 0) is 61.1 Å². The van der Waals surface area contributed by atoms with Crippen LogP contribution in [0.4, 0.5) is 5.69 Å². The van der Waals surface area contributed by atoms with Crippen molar-refractivity contribution in [2.45, 2.75) is 37.5 Å². The average molecular weight is 408 g/mol. The number of nitrogens with one attached hydrogen (secondary N) is 1. The summed E-state index contributed by atoms with van der Waals surface area (Å²) in [5.41, 5.74) is 2.25. The number of amides is 2. The van der Waals surface area contributed by atoms with Gasteiger partial charge >= 0.3 is 0 Å².